The highest BCUT2D eigenvalue weighted by atomic mass is 79.9. The Labute approximate surface area is 130 Å². The number of halogens is 1. The van der Waals surface area contributed by atoms with Crippen LogP contribution in [0.2, 0.25) is 0 Å². The summed E-state index contributed by atoms with van der Waals surface area (Å²) in [5.41, 5.74) is 2.25. The fraction of sp³-hybridized carbons (Fsp3) is 0.267. The molecule has 1 aromatic carbocycles. The van der Waals surface area contributed by atoms with Crippen molar-refractivity contribution in [1.82, 2.24) is 5.32 Å². The van der Waals surface area contributed by atoms with Crippen LogP contribution in [-0.2, 0) is 6.54 Å². The Morgan fingerprint density at radius 1 is 1.45 bits per heavy atom. The first-order valence-corrected chi connectivity index (χ1v) is 7.89. The SMILES string of the molecule is Cc1sc(C(=O)O)cc1CN[C@@H](C)c1cccc(Br)c1. The van der Waals surface area contributed by atoms with Gasteiger partial charge in [-0.05, 0) is 43.2 Å². The first kappa shape index (κ1) is 15.2. The number of carboxylic acids is 1. The molecular weight excluding hydrogens is 338 g/mol. The molecule has 2 aromatic rings. The van der Waals surface area contributed by atoms with Crippen LogP contribution in [0.3, 0.4) is 0 Å². The number of aryl methyl sites for hydroxylation is 1. The molecule has 0 fully saturated rings. The van der Waals surface area contributed by atoms with Crippen LogP contribution in [0, 0.1) is 6.92 Å². The van der Waals surface area contributed by atoms with Gasteiger partial charge in [0.05, 0.1) is 0 Å². The Hall–Kier alpha value is -1.17. The Balaban J connectivity index is 2.03. The summed E-state index contributed by atoms with van der Waals surface area (Å²) in [6, 6.07) is 10.1. The Kier molecular flexibility index (Phi) is 4.96. The fourth-order valence-corrected chi connectivity index (χ4v) is 3.26. The zero-order valence-corrected chi connectivity index (χ0v) is 13.7. The number of thiophene rings is 1. The highest BCUT2D eigenvalue weighted by Gasteiger charge is 2.12. The predicted molar refractivity (Wildman–Crippen MR) is 85.4 cm³/mol. The summed E-state index contributed by atoms with van der Waals surface area (Å²) in [6.07, 6.45) is 0. The molecule has 0 spiro atoms. The summed E-state index contributed by atoms with van der Waals surface area (Å²) in [7, 11) is 0. The minimum absolute atomic E-state index is 0.208. The number of hydrogen-bond acceptors (Lipinski definition) is 3. The van der Waals surface area contributed by atoms with E-state index in [1.54, 1.807) is 6.07 Å². The van der Waals surface area contributed by atoms with E-state index < -0.39 is 5.97 Å². The molecule has 3 nitrogen and oxygen atoms in total. The molecule has 0 aliphatic heterocycles. The normalized spacial score (nSPS) is 12.3. The van der Waals surface area contributed by atoms with Gasteiger partial charge in [-0.2, -0.15) is 0 Å². The number of carbonyl (C=O) groups is 1. The van der Waals surface area contributed by atoms with E-state index in [1.165, 1.54) is 16.9 Å². The van der Waals surface area contributed by atoms with Gasteiger partial charge in [0, 0.05) is 21.9 Å². The van der Waals surface area contributed by atoms with Crippen molar-refractivity contribution in [1.29, 1.82) is 0 Å². The van der Waals surface area contributed by atoms with Crippen molar-refractivity contribution >= 4 is 33.2 Å². The highest BCUT2D eigenvalue weighted by Crippen LogP contribution is 2.23. The second-order valence-electron chi connectivity index (χ2n) is 4.65. The summed E-state index contributed by atoms with van der Waals surface area (Å²) in [4.78, 5) is 12.4. The lowest BCUT2D eigenvalue weighted by Gasteiger charge is -2.14. The minimum Gasteiger partial charge on any atom is -0.477 e. The molecule has 1 atom stereocenters. The number of hydrogen-bond donors (Lipinski definition) is 2. The van der Waals surface area contributed by atoms with E-state index in [0.717, 1.165) is 14.9 Å². The predicted octanol–water partition coefficient (Wildman–Crippen LogP) is 4.37. The van der Waals surface area contributed by atoms with Gasteiger partial charge in [-0.3, -0.25) is 0 Å². The van der Waals surface area contributed by atoms with E-state index in [1.807, 2.05) is 19.1 Å². The van der Waals surface area contributed by atoms with Crippen molar-refractivity contribution in [3.8, 4) is 0 Å². The molecule has 0 unspecified atom stereocenters. The summed E-state index contributed by atoms with van der Waals surface area (Å²) in [5.74, 6) is -0.857. The lowest BCUT2D eigenvalue weighted by atomic mass is 10.1. The maximum absolute atomic E-state index is 10.9. The monoisotopic (exact) mass is 353 g/mol. The lowest BCUT2D eigenvalue weighted by molar-refractivity contribution is 0.0702. The van der Waals surface area contributed by atoms with Crippen molar-refractivity contribution in [3.05, 3.63) is 55.7 Å². The van der Waals surface area contributed by atoms with Crippen molar-refractivity contribution in [2.75, 3.05) is 0 Å². The summed E-state index contributed by atoms with van der Waals surface area (Å²) < 4.78 is 1.06. The van der Waals surface area contributed by atoms with Crippen LogP contribution in [0.15, 0.2) is 34.8 Å². The molecule has 1 aromatic heterocycles. The van der Waals surface area contributed by atoms with Gasteiger partial charge < -0.3 is 10.4 Å². The average molecular weight is 354 g/mol. The molecule has 20 heavy (non-hydrogen) atoms. The first-order valence-electron chi connectivity index (χ1n) is 6.29. The average Bonchev–Trinajstić information content (AvgIpc) is 2.77. The van der Waals surface area contributed by atoms with E-state index in [2.05, 4.69) is 40.3 Å². The zero-order valence-electron chi connectivity index (χ0n) is 11.3. The van der Waals surface area contributed by atoms with E-state index in [9.17, 15) is 4.79 Å². The second kappa shape index (κ2) is 6.52. The molecule has 2 N–H and O–H groups in total. The van der Waals surface area contributed by atoms with Crippen LogP contribution in [0.5, 0.6) is 0 Å². The van der Waals surface area contributed by atoms with E-state index in [0.29, 0.717) is 11.4 Å². The van der Waals surface area contributed by atoms with Gasteiger partial charge in [-0.1, -0.05) is 28.1 Å². The summed E-state index contributed by atoms with van der Waals surface area (Å²) in [6.45, 7) is 4.72. The van der Waals surface area contributed by atoms with Gasteiger partial charge >= 0.3 is 5.97 Å². The van der Waals surface area contributed by atoms with Gasteiger partial charge in [0.25, 0.3) is 0 Å². The maximum Gasteiger partial charge on any atom is 0.345 e. The number of rotatable bonds is 5. The molecule has 5 heteroatoms. The lowest BCUT2D eigenvalue weighted by Crippen LogP contribution is -2.18. The summed E-state index contributed by atoms with van der Waals surface area (Å²) >= 11 is 4.79. The Morgan fingerprint density at radius 2 is 2.20 bits per heavy atom. The molecule has 1 heterocycles. The van der Waals surface area contributed by atoms with Crippen LogP contribution in [0.4, 0.5) is 0 Å². The fourth-order valence-electron chi connectivity index (χ4n) is 1.96. The number of nitrogens with one attached hydrogen (secondary N) is 1. The zero-order chi connectivity index (χ0) is 14.7. The van der Waals surface area contributed by atoms with Crippen LogP contribution in [-0.4, -0.2) is 11.1 Å². The summed E-state index contributed by atoms with van der Waals surface area (Å²) in [5, 5.41) is 12.4. The number of carboxylic acid groups (broad SMARTS) is 1. The molecule has 0 amide bonds. The first-order chi connectivity index (χ1) is 9.47. The molecule has 2 rings (SSSR count). The molecule has 0 aliphatic carbocycles. The third kappa shape index (κ3) is 3.69. The molecule has 106 valence electrons. The van der Waals surface area contributed by atoms with E-state index in [-0.39, 0.29) is 6.04 Å². The molecule has 0 saturated heterocycles. The maximum atomic E-state index is 10.9. The topological polar surface area (TPSA) is 49.3 Å². The standard InChI is InChI=1S/C15H16BrNO2S/c1-9(11-4-3-5-13(16)6-11)17-8-12-7-14(15(18)19)20-10(12)2/h3-7,9,17H,8H2,1-2H3,(H,18,19)/t9-/m0/s1. The van der Waals surface area contributed by atoms with Gasteiger partial charge in [-0.25, -0.2) is 4.79 Å². The third-order valence-electron chi connectivity index (χ3n) is 3.18. The van der Waals surface area contributed by atoms with E-state index >= 15 is 0 Å². The van der Waals surface area contributed by atoms with Crippen molar-refractivity contribution in [3.63, 3.8) is 0 Å². The van der Waals surface area contributed by atoms with Gasteiger partial charge in [0.1, 0.15) is 4.88 Å². The van der Waals surface area contributed by atoms with Gasteiger partial charge in [0.15, 0.2) is 0 Å². The number of benzene rings is 1. The van der Waals surface area contributed by atoms with Crippen LogP contribution < -0.4 is 5.32 Å². The Morgan fingerprint density at radius 3 is 2.80 bits per heavy atom. The second-order valence-corrected chi connectivity index (χ2v) is 6.83. The molecular formula is C15H16BrNO2S. The third-order valence-corrected chi connectivity index (χ3v) is 4.75. The minimum atomic E-state index is -0.857. The van der Waals surface area contributed by atoms with Gasteiger partial charge in [0.2, 0.25) is 0 Å². The smallest absolute Gasteiger partial charge is 0.345 e. The van der Waals surface area contributed by atoms with Crippen LogP contribution >= 0.6 is 27.3 Å². The number of aromatic carboxylic acids is 1. The molecule has 0 radical (unpaired) electrons. The molecule has 0 saturated carbocycles. The van der Waals surface area contributed by atoms with Crippen LogP contribution in [0.25, 0.3) is 0 Å². The highest BCUT2D eigenvalue weighted by molar-refractivity contribution is 9.10. The van der Waals surface area contributed by atoms with Gasteiger partial charge in [-0.15, -0.1) is 11.3 Å². The molecule has 0 aliphatic rings. The van der Waals surface area contributed by atoms with Crippen molar-refractivity contribution in [2.45, 2.75) is 26.4 Å². The largest absolute Gasteiger partial charge is 0.477 e. The molecule has 0 bridgehead atoms. The van der Waals surface area contributed by atoms with E-state index in [4.69, 9.17) is 5.11 Å². The van der Waals surface area contributed by atoms with Crippen LogP contribution in [0.1, 0.15) is 38.6 Å². The van der Waals surface area contributed by atoms with Crippen molar-refractivity contribution in [2.24, 2.45) is 0 Å². The Bertz CT molecular complexity index is 624. The van der Waals surface area contributed by atoms with Crippen molar-refractivity contribution < 1.29 is 9.90 Å². The quantitative estimate of drug-likeness (QED) is 0.838.